The van der Waals surface area contributed by atoms with Gasteiger partial charge in [0.2, 0.25) is 0 Å². The highest BCUT2D eigenvalue weighted by Crippen LogP contribution is 2.20. The molecule has 2 aliphatic heterocycles. The van der Waals surface area contributed by atoms with Crippen LogP contribution in [0.5, 0.6) is 0 Å². The highest BCUT2D eigenvalue weighted by molar-refractivity contribution is 6.35. The van der Waals surface area contributed by atoms with Gasteiger partial charge in [0.15, 0.2) is 0 Å². The van der Waals surface area contributed by atoms with E-state index in [2.05, 4.69) is 5.32 Å². The quantitative estimate of drug-likeness (QED) is 0.695. The number of nitrogens with one attached hydrogen (secondary N) is 1. The number of ether oxygens (including phenoxy) is 1. The average molecular weight is 275 g/mol. The molecule has 2 amide bonds. The van der Waals surface area contributed by atoms with Gasteiger partial charge >= 0.3 is 11.8 Å². The molecule has 1 aromatic rings. The summed E-state index contributed by atoms with van der Waals surface area (Å²) in [6.45, 7) is 1.19. The summed E-state index contributed by atoms with van der Waals surface area (Å²) in [5.41, 5.74) is 6.95. The lowest BCUT2D eigenvalue weighted by molar-refractivity contribution is -0.157. The van der Waals surface area contributed by atoms with E-state index in [-0.39, 0.29) is 18.1 Å². The molecule has 2 aliphatic rings. The largest absolute Gasteiger partial charge is 0.378 e. The molecular formula is C14H17N3O3. The number of piperazine rings is 1. The van der Waals surface area contributed by atoms with E-state index < -0.39 is 11.8 Å². The predicted molar refractivity (Wildman–Crippen MR) is 71.5 cm³/mol. The van der Waals surface area contributed by atoms with Crippen LogP contribution in [0.25, 0.3) is 0 Å². The Morgan fingerprint density at radius 1 is 1.25 bits per heavy atom. The molecule has 3 rings (SSSR count). The van der Waals surface area contributed by atoms with Crippen LogP contribution in [-0.4, -0.2) is 48.1 Å². The fraction of sp³-hybridized carbons (Fsp3) is 0.429. The summed E-state index contributed by atoms with van der Waals surface area (Å²) in [4.78, 5) is 25.5. The Hall–Kier alpha value is -1.92. The SMILES string of the molecule is NC1COCC2C1NC(=O)C(=O)N2Cc1ccccc1. The van der Waals surface area contributed by atoms with Gasteiger partial charge in [0.25, 0.3) is 0 Å². The Balaban J connectivity index is 1.85. The van der Waals surface area contributed by atoms with Crippen molar-refractivity contribution in [2.75, 3.05) is 13.2 Å². The van der Waals surface area contributed by atoms with Crippen molar-refractivity contribution in [3.63, 3.8) is 0 Å². The molecule has 0 aliphatic carbocycles. The van der Waals surface area contributed by atoms with Crippen molar-refractivity contribution in [2.45, 2.75) is 24.7 Å². The summed E-state index contributed by atoms with van der Waals surface area (Å²) in [5, 5.41) is 2.70. The summed E-state index contributed by atoms with van der Waals surface area (Å²) < 4.78 is 5.43. The molecular weight excluding hydrogens is 258 g/mol. The molecule has 3 atom stereocenters. The molecule has 0 aromatic heterocycles. The summed E-state index contributed by atoms with van der Waals surface area (Å²) in [7, 11) is 0. The normalized spacial score (nSPS) is 29.9. The molecule has 20 heavy (non-hydrogen) atoms. The van der Waals surface area contributed by atoms with Crippen LogP contribution >= 0.6 is 0 Å². The lowest BCUT2D eigenvalue weighted by atomic mass is 9.94. The van der Waals surface area contributed by atoms with Crippen molar-refractivity contribution in [1.82, 2.24) is 10.2 Å². The minimum atomic E-state index is -0.584. The number of rotatable bonds is 2. The number of carbonyl (C=O) groups excluding carboxylic acids is 2. The zero-order valence-corrected chi connectivity index (χ0v) is 11.0. The van der Waals surface area contributed by atoms with Crippen molar-refractivity contribution < 1.29 is 14.3 Å². The maximum absolute atomic E-state index is 12.1. The van der Waals surface area contributed by atoms with Crippen LogP contribution in [0.3, 0.4) is 0 Å². The third kappa shape index (κ3) is 2.28. The lowest BCUT2D eigenvalue weighted by Crippen LogP contribution is -2.71. The van der Waals surface area contributed by atoms with Crippen molar-refractivity contribution in [3.8, 4) is 0 Å². The van der Waals surface area contributed by atoms with Crippen molar-refractivity contribution in [2.24, 2.45) is 5.73 Å². The van der Waals surface area contributed by atoms with Crippen LogP contribution in [0.1, 0.15) is 5.56 Å². The number of nitrogens with two attached hydrogens (primary N) is 1. The first-order valence-corrected chi connectivity index (χ1v) is 6.65. The molecule has 2 heterocycles. The molecule has 6 heteroatoms. The second-order valence-electron chi connectivity index (χ2n) is 5.19. The highest BCUT2D eigenvalue weighted by atomic mass is 16.5. The number of hydrogen-bond acceptors (Lipinski definition) is 4. The second kappa shape index (κ2) is 5.22. The Bertz CT molecular complexity index is 520. The van der Waals surface area contributed by atoms with E-state index in [1.807, 2.05) is 30.3 Å². The number of benzene rings is 1. The molecule has 106 valence electrons. The van der Waals surface area contributed by atoms with Gasteiger partial charge in [-0.2, -0.15) is 0 Å². The summed E-state index contributed by atoms with van der Waals surface area (Å²) in [6.07, 6.45) is 0. The van der Waals surface area contributed by atoms with Gasteiger partial charge in [0.05, 0.1) is 31.3 Å². The van der Waals surface area contributed by atoms with Gasteiger partial charge in [-0.15, -0.1) is 0 Å². The van der Waals surface area contributed by atoms with E-state index in [1.54, 1.807) is 4.90 Å². The van der Waals surface area contributed by atoms with E-state index in [9.17, 15) is 9.59 Å². The van der Waals surface area contributed by atoms with Gasteiger partial charge in [-0.3, -0.25) is 9.59 Å². The van der Waals surface area contributed by atoms with Gasteiger partial charge < -0.3 is 20.7 Å². The van der Waals surface area contributed by atoms with Crippen LogP contribution in [0, 0.1) is 0 Å². The monoisotopic (exact) mass is 275 g/mol. The third-order valence-corrected chi connectivity index (χ3v) is 3.82. The van der Waals surface area contributed by atoms with Gasteiger partial charge in [-0.05, 0) is 5.56 Å². The van der Waals surface area contributed by atoms with Gasteiger partial charge in [0.1, 0.15) is 0 Å². The Morgan fingerprint density at radius 3 is 2.75 bits per heavy atom. The maximum atomic E-state index is 12.1. The first kappa shape index (κ1) is 13.1. The zero-order chi connectivity index (χ0) is 14.1. The lowest BCUT2D eigenvalue weighted by Gasteiger charge is -2.45. The predicted octanol–water partition coefficient (Wildman–Crippen LogP) is -0.760. The number of carbonyl (C=O) groups is 2. The maximum Gasteiger partial charge on any atom is 0.312 e. The molecule has 0 saturated carbocycles. The first-order valence-electron chi connectivity index (χ1n) is 6.65. The molecule has 0 bridgehead atoms. The van der Waals surface area contributed by atoms with Crippen molar-refractivity contribution >= 4 is 11.8 Å². The van der Waals surface area contributed by atoms with Gasteiger partial charge in [-0.25, -0.2) is 0 Å². The zero-order valence-electron chi connectivity index (χ0n) is 11.0. The van der Waals surface area contributed by atoms with Gasteiger partial charge in [0, 0.05) is 6.54 Å². The van der Waals surface area contributed by atoms with Crippen molar-refractivity contribution in [3.05, 3.63) is 35.9 Å². The number of fused-ring (bicyclic) bond motifs is 1. The molecule has 3 unspecified atom stereocenters. The first-order chi connectivity index (χ1) is 9.66. The summed E-state index contributed by atoms with van der Waals surface area (Å²) in [5.74, 6) is -1.10. The summed E-state index contributed by atoms with van der Waals surface area (Å²) >= 11 is 0. The topological polar surface area (TPSA) is 84.7 Å². The van der Waals surface area contributed by atoms with Crippen LogP contribution in [0.4, 0.5) is 0 Å². The fourth-order valence-electron chi connectivity index (χ4n) is 2.77. The minimum absolute atomic E-state index is 0.204. The molecule has 0 radical (unpaired) electrons. The number of nitrogens with zero attached hydrogens (tertiary/aromatic N) is 1. The Labute approximate surface area is 116 Å². The van der Waals surface area contributed by atoms with E-state index in [0.29, 0.717) is 19.8 Å². The molecule has 2 saturated heterocycles. The molecule has 1 aromatic carbocycles. The Kier molecular flexibility index (Phi) is 3.42. The number of hydrogen-bond donors (Lipinski definition) is 2. The standard InChI is InChI=1S/C14H17N3O3/c15-10-7-20-8-11-12(10)16-13(18)14(19)17(11)6-9-4-2-1-3-5-9/h1-5,10-12H,6-8,15H2,(H,16,18). The van der Waals surface area contributed by atoms with E-state index in [1.165, 1.54) is 0 Å². The third-order valence-electron chi connectivity index (χ3n) is 3.82. The fourth-order valence-corrected chi connectivity index (χ4v) is 2.77. The number of amides is 2. The second-order valence-corrected chi connectivity index (χ2v) is 5.19. The van der Waals surface area contributed by atoms with Crippen LogP contribution in [-0.2, 0) is 20.9 Å². The molecule has 6 nitrogen and oxygen atoms in total. The van der Waals surface area contributed by atoms with Crippen LogP contribution in [0.15, 0.2) is 30.3 Å². The summed E-state index contributed by atoms with van der Waals surface area (Å²) in [6, 6.07) is 8.85. The van der Waals surface area contributed by atoms with Gasteiger partial charge in [-0.1, -0.05) is 30.3 Å². The minimum Gasteiger partial charge on any atom is -0.378 e. The van der Waals surface area contributed by atoms with E-state index in [4.69, 9.17) is 10.5 Å². The smallest absolute Gasteiger partial charge is 0.312 e. The van der Waals surface area contributed by atoms with E-state index >= 15 is 0 Å². The van der Waals surface area contributed by atoms with Crippen molar-refractivity contribution in [1.29, 1.82) is 0 Å². The van der Waals surface area contributed by atoms with Crippen LogP contribution < -0.4 is 11.1 Å². The molecule has 2 fully saturated rings. The van der Waals surface area contributed by atoms with Crippen LogP contribution in [0.2, 0.25) is 0 Å². The Morgan fingerprint density at radius 2 is 2.00 bits per heavy atom. The molecule has 3 N–H and O–H groups in total. The van der Waals surface area contributed by atoms with E-state index in [0.717, 1.165) is 5.56 Å². The average Bonchev–Trinajstić information content (AvgIpc) is 2.46. The molecule has 0 spiro atoms. The highest BCUT2D eigenvalue weighted by Gasteiger charge is 2.45.